The van der Waals surface area contributed by atoms with Crippen LogP contribution in [0.15, 0.2) is 54.6 Å². The number of hydrogen-bond donors (Lipinski definition) is 2. The third-order valence-electron chi connectivity index (χ3n) is 3.31. The van der Waals surface area contributed by atoms with E-state index in [0.29, 0.717) is 13.0 Å². The average Bonchev–Trinajstić information content (AvgIpc) is 2.47. The number of rotatable bonds is 6. The lowest BCUT2D eigenvalue weighted by atomic mass is 9.93. The summed E-state index contributed by atoms with van der Waals surface area (Å²) in [5, 5.41) is 0. The van der Waals surface area contributed by atoms with Gasteiger partial charge in [0.05, 0.1) is 5.54 Å². The second-order valence-corrected chi connectivity index (χ2v) is 5.38. The van der Waals surface area contributed by atoms with Crippen LogP contribution in [0.1, 0.15) is 18.1 Å². The lowest BCUT2D eigenvalue weighted by Gasteiger charge is -2.20. The SMILES string of the molecule is CC(N)(Cc1ccc(OCc2ccccc2)cc1)C(N)=O. The summed E-state index contributed by atoms with van der Waals surface area (Å²) >= 11 is 0. The second-order valence-electron chi connectivity index (χ2n) is 5.38. The van der Waals surface area contributed by atoms with Crippen LogP contribution in [0.5, 0.6) is 5.75 Å². The van der Waals surface area contributed by atoms with Crippen molar-refractivity contribution in [3.63, 3.8) is 0 Å². The van der Waals surface area contributed by atoms with Crippen molar-refractivity contribution in [2.75, 3.05) is 0 Å². The van der Waals surface area contributed by atoms with Gasteiger partial charge in [0.2, 0.25) is 5.91 Å². The molecule has 0 fully saturated rings. The van der Waals surface area contributed by atoms with E-state index >= 15 is 0 Å². The van der Waals surface area contributed by atoms with Gasteiger partial charge in [0.15, 0.2) is 0 Å². The zero-order chi connectivity index (χ0) is 15.3. The van der Waals surface area contributed by atoms with Gasteiger partial charge in [-0.2, -0.15) is 0 Å². The predicted molar refractivity (Wildman–Crippen MR) is 82.7 cm³/mol. The Bertz CT molecular complexity index is 592. The smallest absolute Gasteiger partial charge is 0.237 e. The Morgan fingerprint density at radius 1 is 1.05 bits per heavy atom. The van der Waals surface area contributed by atoms with Crippen molar-refractivity contribution < 1.29 is 9.53 Å². The van der Waals surface area contributed by atoms with Gasteiger partial charge in [0.25, 0.3) is 0 Å². The van der Waals surface area contributed by atoms with E-state index in [9.17, 15) is 4.79 Å². The molecule has 0 aliphatic rings. The van der Waals surface area contributed by atoms with E-state index in [1.54, 1.807) is 6.92 Å². The lowest BCUT2D eigenvalue weighted by molar-refractivity contribution is -0.122. The first-order chi connectivity index (χ1) is 9.97. The molecule has 0 aromatic heterocycles. The van der Waals surface area contributed by atoms with E-state index < -0.39 is 11.4 Å². The summed E-state index contributed by atoms with van der Waals surface area (Å²) in [7, 11) is 0. The maximum Gasteiger partial charge on any atom is 0.237 e. The van der Waals surface area contributed by atoms with Crippen LogP contribution in [0.4, 0.5) is 0 Å². The summed E-state index contributed by atoms with van der Waals surface area (Å²) in [6.07, 6.45) is 0.404. The molecule has 0 heterocycles. The molecule has 4 heteroatoms. The Morgan fingerprint density at radius 2 is 1.67 bits per heavy atom. The minimum absolute atomic E-state index is 0.404. The average molecular weight is 284 g/mol. The van der Waals surface area contributed by atoms with E-state index in [1.165, 1.54) is 0 Å². The molecular weight excluding hydrogens is 264 g/mol. The molecule has 1 amide bonds. The fraction of sp³-hybridized carbons (Fsp3) is 0.235. The van der Waals surface area contributed by atoms with Gasteiger partial charge in [-0.1, -0.05) is 42.5 Å². The Labute approximate surface area is 124 Å². The summed E-state index contributed by atoms with van der Waals surface area (Å²) < 4.78 is 5.70. The van der Waals surface area contributed by atoms with Crippen molar-refractivity contribution >= 4 is 5.91 Å². The van der Waals surface area contributed by atoms with Crippen molar-refractivity contribution in [3.05, 3.63) is 65.7 Å². The summed E-state index contributed by atoms with van der Waals surface area (Å²) in [4.78, 5) is 11.2. The monoisotopic (exact) mass is 284 g/mol. The maximum absolute atomic E-state index is 11.2. The molecule has 4 N–H and O–H groups in total. The van der Waals surface area contributed by atoms with Crippen LogP contribution in [0.3, 0.4) is 0 Å². The van der Waals surface area contributed by atoms with Crippen LogP contribution in [0.2, 0.25) is 0 Å². The molecule has 0 aliphatic carbocycles. The summed E-state index contributed by atoms with van der Waals surface area (Å²) in [5.41, 5.74) is 12.2. The Kier molecular flexibility index (Phi) is 4.60. The number of primary amides is 1. The van der Waals surface area contributed by atoms with Gasteiger partial charge in [-0.05, 0) is 36.6 Å². The molecule has 0 spiro atoms. The number of benzene rings is 2. The predicted octanol–water partition coefficient (Wildman–Crippen LogP) is 2.01. The van der Waals surface area contributed by atoms with Crippen LogP contribution in [0, 0.1) is 0 Å². The fourth-order valence-electron chi connectivity index (χ4n) is 1.96. The van der Waals surface area contributed by atoms with Crippen molar-refractivity contribution in [2.24, 2.45) is 11.5 Å². The van der Waals surface area contributed by atoms with E-state index in [-0.39, 0.29) is 0 Å². The van der Waals surface area contributed by atoms with Crippen LogP contribution < -0.4 is 16.2 Å². The van der Waals surface area contributed by atoms with Crippen LogP contribution in [0.25, 0.3) is 0 Å². The highest BCUT2D eigenvalue weighted by molar-refractivity contribution is 5.84. The van der Waals surface area contributed by atoms with E-state index in [4.69, 9.17) is 16.2 Å². The molecule has 110 valence electrons. The van der Waals surface area contributed by atoms with Crippen LogP contribution in [-0.4, -0.2) is 11.4 Å². The number of amides is 1. The summed E-state index contributed by atoms with van der Waals surface area (Å²) in [6, 6.07) is 17.5. The Hall–Kier alpha value is -2.33. The molecule has 1 atom stereocenters. The first-order valence-corrected chi connectivity index (χ1v) is 6.82. The van der Waals surface area contributed by atoms with Gasteiger partial charge in [0, 0.05) is 0 Å². The van der Waals surface area contributed by atoms with Gasteiger partial charge in [0.1, 0.15) is 12.4 Å². The van der Waals surface area contributed by atoms with Gasteiger partial charge in [-0.15, -0.1) is 0 Å². The largest absolute Gasteiger partial charge is 0.489 e. The third kappa shape index (κ3) is 4.33. The molecule has 0 bridgehead atoms. The van der Waals surface area contributed by atoms with Crippen molar-refractivity contribution in [1.82, 2.24) is 0 Å². The number of ether oxygens (including phenoxy) is 1. The fourth-order valence-corrected chi connectivity index (χ4v) is 1.96. The molecule has 0 saturated carbocycles. The van der Waals surface area contributed by atoms with Crippen molar-refractivity contribution in [3.8, 4) is 5.75 Å². The molecule has 21 heavy (non-hydrogen) atoms. The molecule has 0 radical (unpaired) electrons. The zero-order valence-corrected chi connectivity index (χ0v) is 12.1. The quantitative estimate of drug-likeness (QED) is 0.851. The third-order valence-corrected chi connectivity index (χ3v) is 3.31. The Morgan fingerprint density at radius 3 is 2.24 bits per heavy atom. The van der Waals surface area contributed by atoms with Gasteiger partial charge in [-0.25, -0.2) is 0 Å². The molecule has 2 aromatic carbocycles. The molecule has 4 nitrogen and oxygen atoms in total. The molecule has 0 saturated heterocycles. The molecule has 0 aliphatic heterocycles. The van der Waals surface area contributed by atoms with Gasteiger partial charge in [-0.3, -0.25) is 4.79 Å². The number of nitrogens with two attached hydrogens (primary N) is 2. The normalized spacial score (nSPS) is 13.4. The number of carbonyl (C=O) groups is 1. The highest BCUT2D eigenvalue weighted by Gasteiger charge is 2.25. The first-order valence-electron chi connectivity index (χ1n) is 6.82. The minimum Gasteiger partial charge on any atom is -0.489 e. The van der Waals surface area contributed by atoms with Gasteiger partial charge >= 0.3 is 0 Å². The van der Waals surface area contributed by atoms with E-state index in [2.05, 4.69) is 0 Å². The second kappa shape index (κ2) is 6.41. The standard InChI is InChI=1S/C17H20N2O2/c1-17(19,16(18)20)11-13-7-9-15(10-8-13)21-12-14-5-3-2-4-6-14/h2-10H,11-12,19H2,1H3,(H2,18,20). The maximum atomic E-state index is 11.2. The van der Waals surface area contributed by atoms with Crippen molar-refractivity contribution in [2.45, 2.75) is 25.5 Å². The lowest BCUT2D eigenvalue weighted by Crippen LogP contribution is -2.51. The molecule has 1 unspecified atom stereocenters. The van der Waals surface area contributed by atoms with Gasteiger partial charge < -0.3 is 16.2 Å². The van der Waals surface area contributed by atoms with E-state index in [1.807, 2.05) is 54.6 Å². The molecule has 2 rings (SSSR count). The number of hydrogen-bond acceptors (Lipinski definition) is 3. The number of carbonyl (C=O) groups excluding carboxylic acids is 1. The molecular formula is C17H20N2O2. The first kappa shape index (κ1) is 15.1. The highest BCUT2D eigenvalue weighted by atomic mass is 16.5. The highest BCUT2D eigenvalue weighted by Crippen LogP contribution is 2.17. The summed E-state index contributed by atoms with van der Waals surface area (Å²) in [5.74, 6) is 0.271. The molecule has 2 aromatic rings. The van der Waals surface area contributed by atoms with E-state index in [0.717, 1.165) is 16.9 Å². The van der Waals surface area contributed by atoms with Crippen LogP contribution in [-0.2, 0) is 17.8 Å². The Balaban J connectivity index is 1.95. The van der Waals surface area contributed by atoms with Crippen molar-refractivity contribution in [1.29, 1.82) is 0 Å². The van der Waals surface area contributed by atoms with Crippen LogP contribution >= 0.6 is 0 Å². The summed E-state index contributed by atoms with van der Waals surface area (Å²) in [6.45, 7) is 2.16. The topological polar surface area (TPSA) is 78.3 Å². The minimum atomic E-state index is -1.04. The zero-order valence-electron chi connectivity index (χ0n) is 12.1.